The Kier molecular flexibility index (Phi) is 3.56. The van der Waals surface area contributed by atoms with Crippen LogP contribution in [0.15, 0.2) is 36.4 Å². The van der Waals surface area contributed by atoms with E-state index < -0.39 is 0 Å². The van der Waals surface area contributed by atoms with Crippen LogP contribution in [-0.4, -0.2) is 0 Å². The normalized spacial score (nSPS) is 11.0. The van der Waals surface area contributed by atoms with Crippen LogP contribution in [0.5, 0.6) is 0 Å². The Balaban J connectivity index is 2.63. The van der Waals surface area contributed by atoms with Gasteiger partial charge in [0.1, 0.15) is 0 Å². The zero-order chi connectivity index (χ0) is 13.3. The number of rotatable bonds is 2. The van der Waals surface area contributed by atoms with E-state index in [4.69, 9.17) is 0 Å². The molecule has 0 bridgehead atoms. The van der Waals surface area contributed by atoms with E-state index in [1.54, 1.807) is 0 Å². The summed E-state index contributed by atoms with van der Waals surface area (Å²) in [4.78, 5) is 0. The molecule has 0 atom stereocenters. The fraction of sp³-hybridized carbons (Fsp3) is 0.333. The van der Waals surface area contributed by atoms with Gasteiger partial charge < -0.3 is 0 Å². The fourth-order valence-electron chi connectivity index (χ4n) is 2.52. The van der Waals surface area contributed by atoms with Gasteiger partial charge in [0.15, 0.2) is 0 Å². The van der Waals surface area contributed by atoms with Gasteiger partial charge in [-0.3, -0.25) is 0 Å². The van der Waals surface area contributed by atoms with Crippen molar-refractivity contribution in [1.82, 2.24) is 0 Å². The summed E-state index contributed by atoms with van der Waals surface area (Å²) in [5.74, 6) is 0.556. The third-order valence-electron chi connectivity index (χ3n) is 3.50. The molecule has 0 amide bonds. The lowest BCUT2D eigenvalue weighted by Gasteiger charge is -2.16. The van der Waals surface area contributed by atoms with Crippen molar-refractivity contribution >= 4 is 0 Å². The summed E-state index contributed by atoms with van der Waals surface area (Å²) in [6, 6.07) is 13.5. The minimum Gasteiger partial charge on any atom is -0.0587 e. The van der Waals surface area contributed by atoms with Crippen molar-refractivity contribution in [1.29, 1.82) is 0 Å². The largest absolute Gasteiger partial charge is 0.0587 e. The number of aryl methyl sites for hydroxylation is 3. The van der Waals surface area contributed by atoms with Crippen LogP contribution in [0.4, 0.5) is 0 Å². The molecule has 0 heterocycles. The SMILES string of the molecule is Cc1ccc(-c2ccc(C)cc2C(C)C)c(C)c1. The van der Waals surface area contributed by atoms with Gasteiger partial charge in [-0.25, -0.2) is 0 Å². The minimum atomic E-state index is 0.556. The van der Waals surface area contributed by atoms with Crippen molar-refractivity contribution in [3.05, 3.63) is 58.7 Å². The van der Waals surface area contributed by atoms with E-state index in [1.165, 1.54) is 33.4 Å². The molecule has 0 nitrogen and oxygen atoms in total. The maximum atomic E-state index is 2.32. The first-order valence-corrected chi connectivity index (χ1v) is 6.67. The van der Waals surface area contributed by atoms with Gasteiger partial charge in [0, 0.05) is 0 Å². The summed E-state index contributed by atoms with van der Waals surface area (Å²) in [7, 11) is 0. The van der Waals surface area contributed by atoms with Gasteiger partial charge >= 0.3 is 0 Å². The molecule has 0 N–H and O–H groups in total. The number of hydrogen-bond donors (Lipinski definition) is 0. The summed E-state index contributed by atoms with van der Waals surface area (Å²) >= 11 is 0. The third-order valence-corrected chi connectivity index (χ3v) is 3.50. The summed E-state index contributed by atoms with van der Waals surface area (Å²) in [5.41, 5.74) is 8.22. The highest BCUT2D eigenvalue weighted by atomic mass is 14.1. The van der Waals surface area contributed by atoms with E-state index in [9.17, 15) is 0 Å². The molecule has 18 heavy (non-hydrogen) atoms. The molecule has 0 fully saturated rings. The molecule has 0 aliphatic carbocycles. The van der Waals surface area contributed by atoms with Crippen molar-refractivity contribution < 1.29 is 0 Å². The second kappa shape index (κ2) is 4.97. The number of hydrogen-bond acceptors (Lipinski definition) is 0. The van der Waals surface area contributed by atoms with Crippen LogP contribution in [0.25, 0.3) is 11.1 Å². The molecular weight excluding hydrogens is 216 g/mol. The maximum Gasteiger partial charge on any atom is -0.0146 e. The first-order chi connectivity index (χ1) is 8.49. The average Bonchev–Trinajstić information content (AvgIpc) is 2.29. The molecule has 2 rings (SSSR count). The van der Waals surface area contributed by atoms with Crippen LogP contribution in [0.1, 0.15) is 42.0 Å². The first-order valence-electron chi connectivity index (χ1n) is 6.67. The molecule has 0 aliphatic rings. The van der Waals surface area contributed by atoms with Crippen LogP contribution in [0.3, 0.4) is 0 Å². The molecule has 94 valence electrons. The monoisotopic (exact) mass is 238 g/mol. The van der Waals surface area contributed by atoms with Crippen LogP contribution in [0, 0.1) is 20.8 Å². The Hall–Kier alpha value is -1.56. The zero-order valence-corrected chi connectivity index (χ0v) is 12.0. The van der Waals surface area contributed by atoms with Gasteiger partial charge in [-0.2, -0.15) is 0 Å². The molecule has 2 aromatic carbocycles. The molecule has 0 heteroatoms. The number of benzene rings is 2. The van der Waals surface area contributed by atoms with Crippen LogP contribution in [-0.2, 0) is 0 Å². The first kappa shape index (κ1) is 12.9. The summed E-state index contributed by atoms with van der Waals surface area (Å²) in [6.45, 7) is 11.0. The lowest BCUT2D eigenvalue weighted by molar-refractivity contribution is 0.867. The van der Waals surface area contributed by atoms with Gasteiger partial charge in [-0.05, 0) is 48.9 Å². The van der Waals surface area contributed by atoms with Crippen molar-refractivity contribution in [2.24, 2.45) is 0 Å². The summed E-state index contributed by atoms with van der Waals surface area (Å²) < 4.78 is 0. The van der Waals surface area contributed by atoms with E-state index >= 15 is 0 Å². The molecule has 0 aliphatic heterocycles. The Labute approximate surface area is 111 Å². The fourth-order valence-corrected chi connectivity index (χ4v) is 2.52. The average molecular weight is 238 g/mol. The van der Waals surface area contributed by atoms with Crippen molar-refractivity contribution in [3.63, 3.8) is 0 Å². The Morgan fingerprint density at radius 3 is 1.83 bits per heavy atom. The molecule has 0 spiro atoms. The van der Waals surface area contributed by atoms with E-state index in [-0.39, 0.29) is 0 Å². The van der Waals surface area contributed by atoms with Crippen LogP contribution in [0.2, 0.25) is 0 Å². The second-order valence-electron chi connectivity index (χ2n) is 5.56. The van der Waals surface area contributed by atoms with Crippen molar-refractivity contribution in [2.75, 3.05) is 0 Å². The molecule has 0 saturated heterocycles. The standard InChI is InChI=1S/C18H22/c1-12(2)18-11-14(4)7-9-17(18)16-8-6-13(3)10-15(16)5/h6-12H,1-5H3. The third kappa shape index (κ3) is 2.48. The van der Waals surface area contributed by atoms with Gasteiger partial charge in [-0.1, -0.05) is 61.4 Å². The highest BCUT2D eigenvalue weighted by Gasteiger charge is 2.10. The Morgan fingerprint density at radius 1 is 0.722 bits per heavy atom. The predicted molar refractivity (Wildman–Crippen MR) is 80.2 cm³/mol. The van der Waals surface area contributed by atoms with Gasteiger partial charge in [0.05, 0.1) is 0 Å². The highest BCUT2D eigenvalue weighted by molar-refractivity contribution is 5.71. The summed E-state index contributed by atoms with van der Waals surface area (Å²) in [6.07, 6.45) is 0. The zero-order valence-electron chi connectivity index (χ0n) is 12.0. The van der Waals surface area contributed by atoms with Crippen LogP contribution < -0.4 is 0 Å². The molecular formula is C18H22. The van der Waals surface area contributed by atoms with Gasteiger partial charge in [0.2, 0.25) is 0 Å². The highest BCUT2D eigenvalue weighted by Crippen LogP contribution is 2.32. The smallest absolute Gasteiger partial charge is 0.0146 e. The topological polar surface area (TPSA) is 0 Å². The Bertz CT molecular complexity index is 562. The molecule has 0 aromatic heterocycles. The maximum absolute atomic E-state index is 2.32. The van der Waals surface area contributed by atoms with E-state index in [2.05, 4.69) is 71.0 Å². The second-order valence-corrected chi connectivity index (χ2v) is 5.56. The van der Waals surface area contributed by atoms with E-state index in [0.717, 1.165) is 0 Å². The lowest BCUT2D eigenvalue weighted by Crippen LogP contribution is -1.95. The van der Waals surface area contributed by atoms with Gasteiger partial charge in [-0.15, -0.1) is 0 Å². The molecule has 0 saturated carbocycles. The van der Waals surface area contributed by atoms with Gasteiger partial charge in [0.25, 0.3) is 0 Å². The van der Waals surface area contributed by atoms with E-state index in [0.29, 0.717) is 5.92 Å². The van der Waals surface area contributed by atoms with Crippen LogP contribution >= 0.6 is 0 Å². The Morgan fingerprint density at radius 2 is 1.28 bits per heavy atom. The molecule has 2 aromatic rings. The minimum absolute atomic E-state index is 0.556. The van der Waals surface area contributed by atoms with E-state index in [1.807, 2.05) is 0 Å². The summed E-state index contributed by atoms with van der Waals surface area (Å²) in [5, 5.41) is 0. The van der Waals surface area contributed by atoms with Crippen molar-refractivity contribution in [3.8, 4) is 11.1 Å². The predicted octanol–water partition coefficient (Wildman–Crippen LogP) is 5.40. The molecule has 0 unspecified atom stereocenters. The lowest BCUT2D eigenvalue weighted by atomic mass is 9.89. The van der Waals surface area contributed by atoms with Crippen molar-refractivity contribution in [2.45, 2.75) is 40.5 Å². The molecule has 0 radical (unpaired) electrons. The quantitative estimate of drug-likeness (QED) is 0.657.